The van der Waals surface area contributed by atoms with Gasteiger partial charge in [-0.2, -0.15) is 0 Å². The van der Waals surface area contributed by atoms with Gasteiger partial charge < -0.3 is 0 Å². The summed E-state index contributed by atoms with van der Waals surface area (Å²) in [6.07, 6.45) is 5.36. The number of carbonyl (C=O) groups is 1. The molecule has 1 unspecified atom stereocenters. The molecule has 1 saturated carbocycles. The van der Waals surface area contributed by atoms with Crippen LogP contribution < -0.4 is 0 Å². The molecule has 68 valence electrons. The zero-order valence-electron chi connectivity index (χ0n) is 7.57. The van der Waals surface area contributed by atoms with Crippen LogP contribution in [0.15, 0.2) is 24.4 Å². The molecule has 0 saturated heterocycles. The fraction of sp³-hybridized carbons (Fsp3) is 0.455. The first-order valence-corrected chi connectivity index (χ1v) is 4.76. The maximum Gasteiger partial charge on any atom is 0.133 e. The highest BCUT2D eigenvalue weighted by molar-refractivity contribution is 5.80. The first-order chi connectivity index (χ1) is 6.34. The van der Waals surface area contributed by atoms with Gasteiger partial charge in [-0.1, -0.05) is 6.07 Å². The zero-order chi connectivity index (χ0) is 9.10. The Morgan fingerprint density at radius 1 is 1.46 bits per heavy atom. The summed E-state index contributed by atoms with van der Waals surface area (Å²) >= 11 is 0. The van der Waals surface area contributed by atoms with Gasteiger partial charge in [-0.3, -0.25) is 9.78 Å². The third kappa shape index (κ3) is 2.14. The van der Waals surface area contributed by atoms with Crippen molar-refractivity contribution in [1.82, 2.24) is 4.98 Å². The van der Waals surface area contributed by atoms with E-state index in [0.717, 1.165) is 31.4 Å². The summed E-state index contributed by atoms with van der Waals surface area (Å²) in [6, 6.07) is 5.95. The molecule has 1 aromatic rings. The topological polar surface area (TPSA) is 30.0 Å². The predicted molar refractivity (Wildman–Crippen MR) is 50.3 cm³/mol. The lowest BCUT2D eigenvalue weighted by molar-refractivity contribution is -0.117. The molecule has 1 fully saturated rings. The molecule has 2 nitrogen and oxygen atoms in total. The van der Waals surface area contributed by atoms with Crippen molar-refractivity contribution in [1.29, 1.82) is 0 Å². The van der Waals surface area contributed by atoms with Crippen molar-refractivity contribution >= 4 is 5.78 Å². The Bertz CT molecular complexity index is 294. The Labute approximate surface area is 78.0 Å². The van der Waals surface area contributed by atoms with E-state index in [-0.39, 0.29) is 0 Å². The van der Waals surface area contributed by atoms with Gasteiger partial charge in [0.1, 0.15) is 5.78 Å². The van der Waals surface area contributed by atoms with Crippen molar-refractivity contribution in [2.45, 2.75) is 25.7 Å². The Morgan fingerprint density at radius 3 is 3.00 bits per heavy atom. The average molecular weight is 175 g/mol. The maximum atomic E-state index is 11.0. The number of ketones is 1. The van der Waals surface area contributed by atoms with E-state index >= 15 is 0 Å². The van der Waals surface area contributed by atoms with Crippen LogP contribution in [0, 0.1) is 5.92 Å². The van der Waals surface area contributed by atoms with Crippen LogP contribution in [-0.4, -0.2) is 10.8 Å². The molecule has 2 rings (SSSR count). The van der Waals surface area contributed by atoms with E-state index in [1.54, 1.807) is 0 Å². The fourth-order valence-electron chi connectivity index (χ4n) is 1.88. The van der Waals surface area contributed by atoms with E-state index < -0.39 is 0 Å². The number of carbonyl (C=O) groups excluding carboxylic acids is 1. The highest BCUT2D eigenvalue weighted by Gasteiger charge is 2.22. The molecule has 0 aromatic carbocycles. The molecule has 2 heteroatoms. The van der Waals surface area contributed by atoms with Crippen LogP contribution in [0.1, 0.15) is 25.0 Å². The Balaban J connectivity index is 1.96. The van der Waals surface area contributed by atoms with E-state index in [9.17, 15) is 4.79 Å². The molecule has 0 amide bonds. The average Bonchev–Trinajstić information content (AvgIpc) is 2.53. The van der Waals surface area contributed by atoms with Gasteiger partial charge in [0, 0.05) is 24.7 Å². The van der Waals surface area contributed by atoms with Gasteiger partial charge >= 0.3 is 0 Å². The van der Waals surface area contributed by atoms with Crippen molar-refractivity contribution < 1.29 is 4.79 Å². The highest BCUT2D eigenvalue weighted by Crippen LogP contribution is 2.24. The van der Waals surface area contributed by atoms with E-state index in [0.29, 0.717) is 11.7 Å². The number of nitrogens with zero attached hydrogens (tertiary/aromatic N) is 1. The largest absolute Gasteiger partial charge is 0.300 e. The molecule has 0 bridgehead atoms. The highest BCUT2D eigenvalue weighted by atomic mass is 16.1. The van der Waals surface area contributed by atoms with Gasteiger partial charge in [0.15, 0.2) is 0 Å². The summed E-state index contributed by atoms with van der Waals surface area (Å²) in [6.45, 7) is 0. The van der Waals surface area contributed by atoms with Crippen LogP contribution in [0.5, 0.6) is 0 Å². The second kappa shape index (κ2) is 3.69. The standard InChI is InChI=1S/C11H13NO/c13-11-5-4-9(8-11)7-10-3-1-2-6-12-10/h1-3,6,9H,4-5,7-8H2. The van der Waals surface area contributed by atoms with Gasteiger partial charge in [0.05, 0.1) is 0 Å². The van der Waals surface area contributed by atoms with Gasteiger partial charge in [0.2, 0.25) is 0 Å². The van der Waals surface area contributed by atoms with Crippen LogP contribution in [0.2, 0.25) is 0 Å². The summed E-state index contributed by atoms with van der Waals surface area (Å²) in [5.41, 5.74) is 1.11. The Hall–Kier alpha value is -1.18. The van der Waals surface area contributed by atoms with E-state index in [1.165, 1.54) is 0 Å². The molecule has 0 radical (unpaired) electrons. The van der Waals surface area contributed by atoms with Crippen LogP contribution in [0.3, 0.4) is 0 Å². The zero-order valence-corrected chi connectivity index (χ0v) is 7.57. The number of pyridine rings is 1. The summed E-state index contributed by atoms with van der Waals surface area (Å²) < 4.78 is 0. The summed E-state index contributed by atoms with van der Waals surface area (Å²) in [5.74, 6) is 0.961. The predicted octanol–water partition coefficient (Wildman–Crippen LogP) is 1.99. The number of hydrogen-bond donors (Lipinski definition) is 0. The Kier molecular flexibility index (Phi) is 2.39. The fourth-order valence-corrected chi connectivity index (χ4v) is 1.88. The second-order valence-electron chi connectivity index (χ2n) is 3.67. The van der Waals surface area contributed by atoms with Gasteiger partial charge in [-0.05, 0) is 30.9 Å². The molecule has 0 aliphatic heterocycles. The van der Waals surface area contributed by atoms with Crippen molar-refractivity contribution in [2.75, 3.05) is 0 Å². The molecule has 1 aliphatic rings. The second-order valence-corrected chi connectivity index (χ2v) is 3.67. The number of aromatic nitrogens is 1. The third-order valence-corrected chi connectivity index (χ3v) is 2.57. The van der Waals surface area contributed by atoms with E-state index in [1.807, 2.05) is 24.4 Å². The van der Waals surface area contributed by atoms with Crippen LogP contribution in [0.4, 0.5) is 0 Å². The smallest absolute Gasteiger partial charge is 0.133 e. The minimum absolute atomic E-state index is 0.418. The lowest BCUT2D eigenvalue weighted by atomic mass is 10.0. The number of rotatable bonds is 2. The molecule has 1 aromatic heterocycles. The quantitative estimate of drug-likeness (QED) is 0.688. The van der Waals surface area contributed by atoms with Gasteiger partial charge in [0.25, 0.3) is 0 Å². The molecular weight excluding hydrogens is 162 g/mol. The van der Waals surface area contributed by atoms with E-state index in [4.69, 9.17) is 0 Å². The molecule has 1 heterocycles. The monoisotopic (exact) mass is 175 g/mol. The SMILES string of the molecule is O=C1CCC(Cc2ccccn2)C1. The lowest BCUT2D eigenvalue weighted by Gasteiger charge is -2.05. The molecule has 1 atom stereocenters. The molecule has 13 heavy (non-hydrogen) atoms. The van der Waals surface area contributed by atoms with Crippen LogP contribution in [-0.2, 0) is 11.2 Å². The molecule has 0 spiro atoms. The minimum atomic E-state index is 0.418. The van der Waals surface area contributed by atoms with Crippen LogP contribution >= 0.6 is 0 Å². The summed E-state index contributed by atoms with van der Waals surface area (Å²) in [5, 5.41) is 0. The summed E-state index contributed by atoms with van der Waals surface area (Å²) in [4.78, 5) is 15.3. The molecule has 0 N–H and O–H groups in total. The van der Waals surface area contributed by atoms with Crippen molar-refractivity contribution in [3.05, 3.63) is 30.1 Å². The lowest BCUT2D eigenvalue weighted by Crippen LogP contribution is -2.01. The molecular formula is C11H13NO. The van der Waals surface area contributed by atoms with E-state index in [2.05, 4.69) is 4.98 Å². The number of Topliss-reactive ketones (excluding diaryl/α,β-unsaturated/α-hetero) is 1. The third-order valence-electron chi connectivity index (χ3n) is 2.57. The van der Waals surface area contributed by atoms with Gasteiger partial charge in [-0.15, -0.1) is 0 Å². The van der Waals surface area contributed by atoms with Crippen molar-refractivity contribution in [3.63, 3.8) is 0 Å². The minimum Gasteiger partial charge on any atom is -0.300 e. The first kappa shape index (κ1) is 8.42. The van der Waals surface area contributed by atoms with Crippen molar-refractivity contribution in [2.24, 2.45) is 5.92 Å². The summed E-state index contributed by atoms with van der Waals surface area (Å²) in [7, 11) is 0. The number of hydrogen-bond acceptors (Lipinski definition) is 2. The van der Waals surface area contributed by atoms with Crippen molar-refractivity contribution in [3.8, 4) is 0 Å². The van der Waals surface area contributed by atoms with Gasteiger partial charge in [-0.25, -0.2) is 0 Å². The normalized spacial score (nSPS) is 22.2. The van der Waals surface area contributed by atoms with Crippen LogP contribution in [0.25, 0.3) is 0 Å². The Morgan fingerprint density at radius 2 is 2.38 bits per heavy atom. The first-order valence-electron chi connectivity index (χ1n) is 4.76. The maximum absolute atomic E-state index is 11.0. The molecule has 1 aliphatic carbocycles.